The number of benzene rings is 1. The smallest absolute Gasteiger partial charge is 0.231 e. The fraction of sp³-hybridized carbons (Fsp3) is 0.308. The van der Waals surface area contributed by atoms with Crippen molar-refractivity contribution in [1.82, 2.24) is 9.55 Å². The Hall–Kier alpha value is -1.68. The summed E-state index contributed by atoms with van der Waals surface area (Å²) in [4.78, 5) is 4.28. The van der Waals surface area contributed by atoms with Gasteiger partial charge in [0.05, 0.1) is 11.6 Å². The average molecular weight is 265 g/mol. The van der Waals surface area contributed by atoms with Gasteiger partial charge < -0.3 is 14.0 Å². The lowest BCUT2D eigenvalue weighted by Crippen LogP contribution is -2.05. The largest absolute Gasteiger partial charge is 0.454 e. The molecule has 0 aliphatic carbocycles. The highest BCUT2D eigenvalue weighted by molar-refractivity contribution is 6.16. The van der Waals surface area contributed by atoms with Crippen LogP contribution < -0.4 is 9.47 Å². The maximum atomic E-state index is 5.90. The van der Waals surface area contributed by atoms with E-state index < -0.39 is 0 Å². The van der Waals surface area contributed by atoms with Gasteiger partial charge in [-0.2, -0.15) is 0 Å². The van der Waals surface area contributed by atoms with Crippen molar-refractivity contribution >= 4 is 11.6 Å². The molecule has 0 N–H and O–H groups in total. The van der Waals surface area contributed by atoms with Crippen LogP contribution in [0.3, 0.4) is 0 Å². The number of aromatic nitrogens is 2. The lowest BCUT2D eigenvalue weighted by atomic mass is 10.2. The minimum Gasteiger partial charge on any atom is -0.454 e. The molecule has 18 heavy (non-hydrogen) atoms. The van der Waals surface area contributed by atoms with Crippen LogP contribution in [-0.4, -0.2) is 16.3 Å². The minimum absolute atomic E-state index is 0.301. The van der Waals surface area contributed by atoms with Crippen molar-refractivity contribution in [1.29, 1.82) is 0 Å². The molecule has 94 valence electrons. The van der Waals surface area contributed by atoms with Crippen molar-refractivity contribution in [2.24, 2.45) is 0 Å². The van der Waals surface area contributed by atoms with Gasteiger partial charge in [0.2, 0.25) is 6.79 Å². The SMILES string of the molecule is Cc1ncc(CCl)n1Cc1ccc2c(c1)OCO2. The predicted octanol–water partition coefficient (Wildman–Crippen LogP) is 2.71. The molecule has 1 aromatic carbocycles. The molecule has 1 aromatic heterocycles. The molecule has 2 heterocycles. The second-order valence-corrected chi connectivity index (χ2v) is 4.47. The van der Waals surface area contributed by atoms with Gasteiger partial charge in [-0.3, -0.25) is 0 Å². The van der Waals surface area contributed by atoms with E-state index in [-0.39, 0.29) is 0 Å². The summed E-state index contributed by atoms with van der Waals surface area (Å²) in [6.07, 6.45) is 1.81. The van der Waals surface area contributed by atoms with Crippen LogP contribution in [0.2, 0.25) is 0 Å². The molecule has 5 heteroatoms. The Kier molecular flexibility index (Phi) is 2.88. The lowest BCUT2D eigenvalue weighted by molar-refractivity contribution is 0.174. The van der Waals surface area contributed by atoms with E-state index in [9.17, 15) is 0 Å². The van der Waals surface area contributed by atoms with E-state index in [1.165, 1.54) is 0 Å². The lowest BCUT2D eigenvalue weighted by Gasteiger charge is -2.09. The highest BCUT2D eigenvalue weighted by atomic mass is 35.5. The van der Waals surface area contributed by atoms with E-state index in [0.717, 1.165) is 35.1 Å². The van der Waals surface area contributed by atoms with E-state index in [1.807, 2.05) is 31.3 Å². The summed E-state index contributed by atoms with van der Waals surface area (Å²) in [5, 5.41) is 0. The van der Waals surface area contributed by atoms with Crippen LogP contribution in [0.5, 0.6) is 11.5 Å². The van der Waals surface area contributed by atoms with E-state index in [0.29, 0.717) is 12.7 Å². The zero-order valence-electron chi connectivity index (χ0n) is 10.0. The number of halogens is 1. The molecule has 2 aromatic rings. The summed E-state index contributed by atoms with van der Waals surface area (Å²) in [7, 11) is 0. The first-order valence-electron chi connectivity index (χ1n) is 5.73. The summed E-state index contributed by atoms with van der Waals surface area (Å²) < 4.78 is 12.8. The predicted molar refractivity (Wildman–Crippen MR) is 68.2 cm³/mol. The molecule has 0 saturated carbocycles. The zero-order valence-corrected chi connectivity index (χ0v) is 10.8. The number of nitrogens with zero attached hydrogens (tertiary/aromatic N) is 2. The van der Waals surface area contributed by atoms with Crippen molar-refractivity contribution in [3.8, 4) is 11.5 Å². The first-order chi connectivity index (χ1) is 8.78. The Morgan fingerprint density at radius 1 is 1.33 bits per heavy atom. The summed E-state index contributed by atoms with van der Waals surface area (Å²) in [5.74, 6) is 3.03. The van der Waals surface area contributed by atoms with Crippen molar-refractivity contribution in [2.45, 2.75) is 19.3 Å². The Morgan fingerprint density at radius 2 is 2.17 bits per heavy atom. The Balaban J connectivity index is 1.90. The fourth-order valence-corrected chi connectivity index (χ4v) is 2.27. The summed E-state index contributed by atoms with van der Waals surface area (Å²) in [6.45, 7) is 3.02. The van der Waals surface area contributed by atoms with Crippen LogP contribution in [0.1, 0.15) is 17.1 Å². The molecule has 0 unspecified atom stereocenters. The molecule has 0 bridgehead atoms. The molecular weight excluding hydrogens is 252 g/mol. The van der Waals surface area contributed by atoms with Gasteiger partial charge in [-0.25, -0.2) is 4.98 Å². The number of rotatable bonds is 3. The van der Waals surface area contributed by atoms with Gasteiger partial charge in [-0.05, 0) is 24.6 Å². The summed E-state index contributed by atoms with van der Waals surface area (Å²) >= 11 is 5.90. The molecule has 3 rings (SSSR count). The first kappa shape index (κ1) is 11.4. The molecule has 0 saturated heterocycles. The number of hydrogen-bond acceptors (Lipinski definition) is 3. The molecule has 0 fully saturated rings. The average Bonchev–Trinajstić information content (AvgIpc) is 2.97. The maximum Gasteiger partial charge on any atom is 0.231 e. The monoisotopic (exact) mass is 264 g/mol. The summed E-state index contributed by atoms with van der Waals surface area (Å²) in [5.41, 5.74) is 2.17. The van der Waals surface area contributed by atoms with Gasteiger partial charge >= 0.3 is 0 Å². The topological polar surface area (TPSA) is 36.3 Å². The van der Waals surface area contributed by atoms with E-state index in [2.05, 4.69) is 9.55 Å². The van der Waals surface area contributed by atoms with Crippen LogP contribution in [0, 0.1) is 6.92 Å². The number of ether oxygens (including phenoxy) is 2. The van der Waals surface area contributed by atoms with Gasteiger partial charge in [0.25, 0.3) is 0 Å². The Morgan fingerprint density at radius 3 is 3.00 bits per heavy atom. The summed E-state index contributed by atoms with van der Waals surface area (Å²) in [6, 6.07) is 5.97. The third-order valence-electron chi connectivity index (χ3n) is 3.05. The van der Waals surface area contributed by atoms with Crippen LogP contribution in [0.4, 0.5) is 0 Å². The first-order valence-corrected chi connectivity index (χ1v) is 6.27. The van der Waals surface area contributed by atoms with Crippen molar-refractivity contribution < 1.29 is 9.47 Å². The molecule has 4 nitrogen and oxygen atoms in total. The molecule has 0 spiro atoms. The molecule has 0 amide bonds. The molecular formula is C13H13ClN2O2. The second kappa shape index (κ2) is 4.53. The highest BCUT2D eigenvalue weighted by Crippen LogP contribution is 2.32. The maximum absolute atomic E-state index is 5.90. The zero-order chi connectivity index (χ0) is 12.5. The second-order valence-electron chi connectivity index (χ2n) is 4.20. The molecule has 1 aliphatic heterocycles. The number of fused-ring (bicyclic) bond motifs is 1. The highest BCUT2D eigenvalue weighted by Gasteiger charge is 2.14. The number of alkyl halides is 1. The Bertz CT molecular complexity index is 580. The standard InChI is InChI=1S/C13H13ClN2O2/c1-9-15-6-11(5-14)16(9)7-10-2-3-12-13(4-10)18-8-17-12/h2-4,6H,5,7-8H2,1H3. The van der Waals surface area contributed by atoms with E-state index in [1.54, 1.807) is 0 Å². The van der Waals surface area contributed by atoms with Gasteiger partial charge in [-0.1, -0.05) is 6.07 Å². The van der Waals surface area contributed by atoms with Crippen molar-refractivity contribution in [3.05, 3.63) is 41.5 Å². The number of hydrogen-bond donors (Lipinski definition) is 0. The van der Waals surface area contributed by atoms with Gasteiger partial charge in [0.1, 0.15) is 5.82 Å². The Labute approximate surface area is 110 Å². The molecule has 0 radical (unpaired) electrons. The van der Waals surface area contributed by atoms with E-state index >= 15 is 0 Å². The van der Waals surface area contributed by atoms with Gasteiger partial charge in [-0.15, -0.1) is 11.6 Å². The number of aryl methyl sites for hydroxylation is 1. The normalized spacial score (nSPS) is 13.0. The van der Waals surface area contributed by atoms with Crippen LogP contribution in [-0.2, 0) is 12.4 Å². The van der Waals surface area contributed by atoms with Crippen molar-refractivity contribution in [3.63, 3.8) is 0 Å². The van der Waals surface area contributed by atoms with E-state index in [4.69, 9.17) is 21.1 Å². The molecule has 0 atom stereocenters. The number of imidazole rings is 1. The minimum atomic E-state index is 0.301. The third kappa shape index (κ3) is 1.93. The van der Waals surface area contributed by atoms with Gasteiger partial charge in [0, 0.05) is 12.7 Å². The van der Waals surface area contributed by atoms with Crippen LogP contribution in [0.25, 0.3) is 0 Å². The van der Waals surface area contributed by atoms with Crippen LogP contribution in [0.15, 0.2) is 24.4 Å². The fourth-order valence-electron chi connectivity index (χ4n) is 2.06. The van der Waals surface area contributed by atoms with Crippen molar-refractivity contribution in [2.75, 3.05) is 6.79 Å². The quantitative estimate of drug-likeness (QED) is 0.800. The van der Waals surface area contributed by atoms with Gasteiger partial charge in [0.15, 0.2) is 11.5 Å². The molecule has 1 aliphatic rings. The third-order valence-corrected chi connectivity index (χ3v) is 3.33. The van der Waals surface area contributed by atoms with Crippen LogP contribution >= 0.6 is 11.6 Å².